The molecule has 0 aliphatic carbocycles. The van der Waals surface area contributed by atoms with Crippen LogP contribution in [0.5, 0.6) is 11.5 Å². The van der Waals surface area contributed by atoms with E-state index < -0.39 is 0 Å². The number of aromatic nitrogens is 3. The quantitative estimate of drug-likeness (QED) is 0.373. The van der Waals surface area contributed by atoms with Crippen LogP contribution in [-0.2, 0) is 11.3 Å². The first-order valence-corrected chi connectivity index (χ1v) is 11.3. The highest BCUT2D eigenvalue weighted by Gasteiger charge is 2.12. The molecule has 3 rings (SSSR count). The van der Waals surface area contributed by atoms with Gasteiger partial charge in [-0.2, -0.15) is 5.10 Å². The number of aromatic amines is 1. The lowest BCUT2D eigenvalue weighted by Crippen LogP contribution is -2.15. The fraction of sp³-hybridized carbons (Fsp3) is 0.375. The Hall–Kier alpha value is -3.13. The number of amides is 1. The van der Waals surface area contributed by atoms with Crippen molar-refractivity contribution < 1.29 is 14.3 Å². The summed E-state index contributed by atoms with van der Waals surface area (Å²) < 4.78 is 13.9. The first-order chi connectivity index (χ1) is 15.5. The van der Waals surface area contributed by atoms with Crippen molar-refractivity contribution >= 4 is 23.8 Å². The van der Waals surface area contributed by atoms with Gasteiger partial charge >= 0.3 is 0 Å². The zero-order chi connectivity index (χ0) is 22.9. The van der Waals surface area contributed by atoms with Gasteiger partial charge in [0, 0.05) is 30.3 Å². The minimum absolute atomic E-state index is 0.119. The van der Waals surface area contributed by atoms with Gasteiger partial charge in [0.05, 0.1) is 13.2 Å². The number of nitrogens with zero attached hydrogens (tertiary/aromatic N) is 2. The fourth-order valence-corrected chi connectivity index (χ4v) is 3.35. The van der Waals surface area contributed by atoms with E-state index in [4.69, 9.17) is 21.7 Å². The van der Waals surface area contributed by atoms with E-state index in [0.29, 0.717) is 41.7 Å². The Morgan fingerprint density at radius 1 is 1.06 bits per heavy atom. The van der Waals surface area contributed by atoms with Crippen molar-refractivity contribution in [3.05, 3.63) is 52.8 Å². The Bertz CT molecular complexity index is 1090. The molecule has 0 spiro atoms. The summed E-state index contributed by atoms with van der Waals surface area (Å²) in [7, 11) is 0. The first-order valence-electron chi connectivity index (χ1n) is 10.9. The van der Waals surface area contributed by atoms with Gasteiger partial charge in [-0.05, 0) is 44.1 Å². The molecule has 8 heteroatoms. The van der Waals surface area contributed by atoms with E-state index in [1.165, 1.54) is 5.56 Å². The van der Waals surface area contributed by atoms with Crippen molar-refractivity contribution in [3.8, 4) is 22.9 Å². The van der Waals surface area contributed by atoms with E-state index in [2.05, 4.69) is 22.4 Å². The standard InChI is InChI=1S/C24H30N4O3S/c1-4-14-30-20-11-10-19(16-21(20)31-15-5-2)25-22(29)12-13-28-23(26-27-24(28)32)18-8-6-17(3)7-9-18/h6-11,16H,4-5,12-15H2,1-3H3,(H,25,29)(H,27,32). The third-order valence-electron chi connectivity index (χ3n) is 4.78. The number of H-pyrrole nitrogens is 1. The number of hydrogen-bond donors (Lipinski definition) is 2. The van der Waals surface area contributed by atoms with E-state index in [0.717, 1.165) is 24.2 Å². The Morgan fingerprint density at radius 3 is 2.44 bits per heavy atom. The normalized spacial score (nSPS) is 10.7. The minimum atomic E-state index is -0.119. The number of ether oxygens (including phenoxy) is 2. The van der Waals surface area contributed by atoms with Crippen LogP contribution in [-0.4, -0.2) is 33.9 Å². The Morgan fingerprint density at radius 2 is 1.75 bits per heavy atom. The molecule has 7 nitrogen and oxygen atoms in total. The maximum atomic E-state index is 12.6. The number of hydrogen-bond acceptors (Lipinski definition) is 5. The number of rotatable bonds is 11. The summed E-state index contributed by atoms with van der Waals surface area (Å²) >= 11 is 5.37. The fourth-order valence-electron chi connectivity index (χ4n) is 3.13. The van der Waals surface area contributed by atoms with Crippen LogP contribution in [0.1, 0.15) is 38.7 Å². The van der Waals surface area contributed by atoms with Gasteiger partial charge in [-0.1, -0.05) is 43.7 Å². The monoisotopic (exact) mass is 454 g/mol. The molecule has 0 unspecified atom stereocenters. The summed E-state index contributed by atoms with van der Waals surface area (Å²) in [5.74, 6) is 1.92. The van der Waals surface area contributed by atoms with Gasteiger partial charge in [-0.3, -0.25) is 14.5 Å². The topological polar surface area (TPSA) is 81.2 Å². The van der Waals surface area contributed by atoms with Crippen LogP contribution in [0, 0.1) is 11.7 Å². The molecule has 1 amide bonds. The molecule has 0 aliphatic rings. The van der Waals surface area contributed by atoms with Gasteiger partial charge in [0.1, 0.15) is 0 Å². The van der Waals surface area contributed by atoms with Gasteiger partial charge in [0.2, 0.25) is 5.91 Å². The summed E-state index contributed by atoms with van der Waals surface area (Å²) in [6.45, 7) is 7.75. The van der Waals surface area contributed by atoms with Crippen LogP contribution in [0.25, 0.3) is 11.4 Å². The van der Waals surface area contributed by atoms with Crippen molar-refractivity contribution in [3.63, 3.8) is 0 Å². The lowest BCUT2D eigenvalue weighted by Gasteiger charge is -2.14. The van der Waals surface area contributed by atoms with Gasteiger partial charge in [0.15, 0.2) is 22.1 Å². The summed E-state index contributed by atoms with van der Waals surface area (Å²) in [6, 6.07) is 13.5. The molecule has 170 valence electrons. The van der Waals surface area contributed by atoms with E-state index in [9.17, 15) is 4.79 Å². The molecule has 0 radical (unpaired) electrons. The molecule has 0 bridgehead atoms. The van der Waals surface area contributed by atoms with Gasteiger partial charge in [-0.25, -0.2) is 0 Å². The summed E-state index contributed by atoms with van der Waals surface area (Å²) in [6.07, 6.45) is 2.05. The molecule has 1 aromatic heterocycles. The van der Waals surface area contributed by atoms with Crippen LogP contribution >= 0.6 is 12.2 Å². The molecule has 0 atom stereocenters. The van der Waals surface area contributed by atoms with E-state index in [-0.39, 0.29) is 12.3 Å². The summed E-state index contributed by atoms with van der Waals surface area (Å²) in [5.41, 5.74) is 2.78. The lowest BCUT2D eigenvalue weighted by atomic mass is 10.1. The van der Waals surface area contributed by atoms with Crippen LogP contribution in [0.3, 0.4) is 0 Å². The predicted molar refractivity (Wildman–Crippen MR) is 129 cm³/mol. The number of nitrogens with one attached hydrogen (secondary N) is 2. The van der Waals surface area contributed by atoms with E-state index in [1.807, 2.05) is 54.8 Å². The Labute approximate surface area is 193 Å². The number of carbonyl (C=O) groups excluding carboxylic acids is 1. The molecule has 0 saturated carbocycles. The lowest BCUT2D eigenvalue weighted by molar-refractivity contribution is -0.116. The highest BCUT2D eigenvalue weighted by Crippen LogP contribution is 2.31. The Balaban J connectivity index is 1.67. The van der Waals surface area contributed by atoms with Gasteiger partial charge in [0.25, 0.3) is 0 Å². The third-order valence-corrected chi connectivity index (χ3v) is 5.09. The average molecular weight is 455 g/mol. The van der Waals surface area contributed by atoms with Crippen molar-refractivity contribution in [1.29, 1.82) is 0 Å². The smallest absolute Gasteiger partial charge is 0.226 e. The molecule has 0 saturated heterocycles. The Kier molecular flexibility index (Phi) is 8.44. The van der Waals surface area contributed by atoms with Gasteiger partial charge in [-0.15, -0.1) is 0 Å². The van der Waals surface area contributed by atoms with Crippen molar-refractivity contribution in [2.75, 3.05) is 18.5 Å². The summed E-state index contributed by atoms with van der Waals surface area (Å²) in [4.78, 5) is 12.6. The van der Waals surface area contributed by atoms with Crippen LogP contribution < -0.4 is 14.8 Å². The zero-order valence-electron chi connectivity index (χ0n) is 18.8. The van der Waals surface area contributed by atoms with E-state index in [1.54, 1.807) is 6.07 Å². The zero-order valence-corrected chi connectivity index (χ0v) is 19.6. The van der Waals surface area contributed by atoms with Crippen LogP contribution in [0.2, 0.25) is 0 Å². The van der Waals surface area contributed by atoms with Gasteiger partial charge < -0.3 is 14.8 Å². The second kappa shape index (κ2) is 11.5. The largest absolute Gasteiger partial charge is 0.490 e. The van der Waals surface area contributed by atoms with Crippen molar-refractivity contribution in [1.82, 2.24) is 14.8 Å². The van der Waals surface area contributed by atoms with E-state index >= 15 is 0 Å². The SMILES string of the molecule is CCCOc1ccc(NC(=O)CCn2c(-c3ccc(C)cc3)n[nH]c2=S)cc1OCCC. The number of anilines is 1. The maximum Gasteiger partial charge on any atom is 0.226 e. The molecule has 1 heterocycles. The molecule has 0 aliphatic heterocycles. The second-order valence-electron chi connectivity index (χ2n) is 7.53. The molecular formula is C24H30N4O3S. The molecule has 0 fully saturated rings. The third kappa shape index (κ3) is 6.20. The van der Waals surface area contributed by atoms with Crippen molar-refractivity contribution in [2.24, 2.45) is 0 Å². The highest BCUT2D eigenvalue weighted by molar-refractivity contribution is 7.71. The number of carbonyl (C=O) groups is 1. The highest BCUT2D eigenvalue weighted by atomic mass is 32.1. The predicted octanol–water partition coefficient (Wildman–Crippen LogP) is 5.52. The first kappa shape index (κ1) is 23.5. The number of benzene rings is 2. The summed E-state index contributed by atoms with van der Waals surface area (Å²) in [5, 5.41) is 10.1. The molecule has 32 heavy (non-hydrogen) atoms. The number of aryl methyl sites for hydroxylation is 1. The van der Waals surface area contributed by atoms with Crippen LogP contribution in [0.4, 0.5) is 5.69 Å². The molecule has 2 N–H and O–H groups in total. The molecule has 2 aromatic carbocycles. The molecule has 3 aromatic rings. The second-order valence-corrected chi connectivity index (χ2v) is 7.91. The average Bonchev–Trinajstić information content (AvgIpc) is 3.16. The van der Waals surface area contributed by atoms with Crippen LogP contribution in [0.15, 0.2) is 42.5 Å². The molecular weight excluding hydrogens is 424 g/mol. The van der Waals surface area contributed by atoms with Crippen molar-refractivity contribution in [2.45, 2.75) is 46.6 Å². The minimum Gasteiger partial charge on any atom is -0.490 e. The maximum absolute atomic E-state index is 12.6.